The largest absolute Gasteiger partial charge is 0.495 e. The van der Waals surface area contributed by atoms with Crippen LogP contribution in [-0.2, 0) is 6.42 Å². The van der Waals surface area contributed by atoms with Gasteiger partial charge in [0.1, 0.15) is 17.9 Å². The Morgan fingerprint density at radius 1 is 1.45 bits per heavy atom. The van der Waals surface area contributed by atoms with Gasteiger partial charge >= 0.3 is 0 Å². The molecule has 0 aliphatic heterocycles. The Morgan fingerprint density at radius 3 is 2.90 bits per heavy atom. The summed E-state index contributed by atoms with van der Waals surface area (Å²) in [6.45, 7) is 4.13. The molecule has 0 aliphatic carbocycles. The fraction of sp³-hybridized carbons (Fsp3) is 0.462. The molecule has 2 heterocycles. The molecule has 0 bridgehead atoms. The molecule has 2 rings (SSSR count). The Kier molecular flexibility index (Phi) is 4.65. The third-order valence-corrected chi connectivity index (χ3v) is 3.14. The SMILES string of the molecule is COc1cnccc1C(Cc1ncnn1C(C)C)NN. The number of hydrogen-bond acceptors (Lipinski definition) is 6. The number of nitrogens with zero attached hydrogens (tertiary/aromatic N) is 4. The van der Waals surface area contributed by atoms with Crippen LogP contribution >= 0.6 is 0 Å². The second kappa shape index (κ2) is 6.44. The molecule has 7 nitrogen and oxygen atoms in total. The third-order valence-electron chi connectivity index (χ3n) is 3.14. The zero-order chi connectivity index (χ0) is 14.5. The Labute approximate surface area is 118 Å². The highest BCUT2D eigenvalue weighted by Crippen LogP contribution is 2.25. The van der Waals surface area contributed by atoms with Gasteiger partial charge in [-0.25, -0.2) is 9.67 Å². The first-order chi connectivity index (χ1) is 9.67. The predicted molar refractivity (Wildman–Crippen MR) is 75.0 cm³/mol. The van der Waals surface area contributed by atoms with Crippen LogP contribution in [0.3, 0.4) is 0 Å². The fourth-order valence-electron chi connectivity index (χ4n) is 2.14. The minimum absolute atomic E-state index is 0.116. The number of aromatic nitrogens is 4. The number of nitrogens with one attached hydrogen (secondary N) is 1. The lowest BCUT2D eigenvalue weighted by atomic mass is 10.0. The van der Waals surface area contributed by atoms with Crippen molar-refractivity contribution in [3.05, 3.63) is 36.2 Å². The second-order valence-electron chi connectivity index (χ2n) is 4.76. The van der Waals surface area contributed by atoms with E-state index >= 15 is 0 Å². The van der Waals surface area contributed by atoms with E-state index in [4.69, 9.17) is 10.6 Å². The molecule has 0 spiro atoms. The minimum atomic E-state index is -0.116. The molecule has 0 saturated heterocycles. The Morgan fingerprint density at radius 2 is 2.25 bits per heavy atom. The zero-order valence-corrected chi connectivity index (χ0v) is 11.9. The van der Waals surface area contributed by atoms with Gasteiger partial charge in [0.15, 0.2) is 0 Å². The molecule has 20 heavy (non-hydrogen) atoms. The van der Waals surface area contributed by atoms with E-state index in [0.717, 1.165) is 11.4 Å². The van der Waals surface area contributed by atoms with Crippen LogP contribution in [0.15, 0.2) is 24.8 Å². The summed E-state index contributed by atoms with van der Waals surface area (Å²) in [5, 5.41) is 4.23. The average molecular weight is 276 g/mol. The lowest BCUT2D eigenvalue weighted by Crippen LogP contribution is -2.31. The van der Waals surface area contributed by atoms with Crippen molar-refractivity contribution in [1.29, 1.82) is 0 Å². The molecule has 0 fully saturated rings. The van der Waals surface area contributed by atoms with Crippen molar-refractivity contribution in [3.63, 3.8) is 0 Å². The van der Waals surface area contributed by atoms with Gasteiger partial charge in [0.05, 0.1) is 19.3 Å². The summed E-state index contributed by atoms with van der Waals surface area (Å²) in [6, 6.07) is 2.03. The third kappa shape index (κ3) is 2.94. The van der Waals surface area contributed by atoms with Gasteiger partial charge in [-0.1, -0.05) is 0 Å². The molecule has 0 saturated carbocycles. The lowest BCUT2D eigenvalue weighted by Gasteiger charge is -2.19. The maximum Gasteiger partial charge on any atom is 0.141 e. The zero-order valence-electron chi connectivity index (χ0n) is 11.9. The van der Waals surface area contributed by atoms with E-state index < -0.39 is 0 Å². The molecule has 0 radical (unpaired) electrons. The first kappa shape index (κ1) is 14.4. The number of hydrogen-bond donors (Lipinski definition) is 2. The van der Waals surface area contributed by atoms with E-state index in [9.17, 15) is 0 Å². The van der Waals surface area contributed by atoms with Crippen LogP contribution in [0.5, 0.6) is 5.75 Å². The van der Waals surface area contributed by atoms with Crippen molar-refractivity contribution in [2.24, 2.45) is 5.84 Å². The van der Waals surface area contributed by atoms with Gasteiger partial charge in [-0.15, -0.1) is 0 Å². The van der Waals surface area contributed by atoms with Crippen molar-refractivity contribution < 1.29 is 4.74 Å². The van der Waals surface area contributed by atoms with Crippen molar-refractivity contribution in [3.8, 4) is 5.75 Å². The van der Waals surface area contributed by atoms with E-state index in [1.54, 1.807) is 25.8 Å². The number of nitrogens with two attached hydrogens (primary N) is 1. The van der Waals surface area contributed by atoms with Crippen LogP contribution in [0.4, 0.5) is 0 Å². The van der Waals surface area contributed by atoms with Crippen molar-refractivity contribution in [2.45, 2.75) is 32.4 Å². The van der Waals surface area contributed by atoms with E-state index in [-0.39, 0.29) is 12.1 Å². The first-order valence-corrected chi connectivity index (χ1v) is 6.49. The normalized spacial score (nSPS) is 12.7. The van der Waals surface area contributed by atoms with E-state index in [0.29, 0.717) is 12.2 Å². The summed E-state index contributed by atoms with van der Waals surface area (Å²) in [5.41, 5.74) is 3.76. The summed E-state index contributed by atoms with van der Waals surface area (Å²) in [6.07, 6.45) is 5.57. The Bertz CT molecular complexity index is 553. The second-order valence-corrected chi connectivity index (χ2v) is 4.76. The first-order valence-electron chi connectivity index (χ1n) is 6.49. The van der Waals surface area contributed by atoms with Crippen molar-refractivity contribution >= 4 is 0 Å². The number of pyridine rings is 1. The summed E-state index contributed by atoms with van der Waals surface area (Å²) < 4.78 is 7.21. The molecule has 0 aliphatic rings. The van der Waals surface area contributed by atoms with Crippen molar-refractivity contribution in [2.75, 3.05) is 7.11 Å². The van der Waals surface area contributed by atoms with Crippen LogP contribution < -0.4 is 16.0 Å². The standard InChI is InChI=1S/C13H20N6O/c1-9(2)19-13(16-8-17-19)6-11(18-14)10-4-5-15-7-12(10)20-3/h4-5,7-9,11,18H,6,14H2,1-3H3. The van der Waals surface area contributed by atoms with Crippen LogP contribution in [0.25, 0.3) is 0 Å². The Hall–Kier alpha value is -1.99. The monoisotopic (exact) mass is 276 g/mol. The smallest absolute Gasteiger partial charge is 0.141 e. The molecular formula is C13H20N6O. The average Bonchev–Trinajstić information content (AvgIpc) is 2.93. The number of ether oxygens (including phenoxy) is 1. The number of hydrazine groups is 1. The molecule has 0 aromatic carbocycles. The molecule has 2 aromatic heterocycles. The molecule has 3 N–H and O–H groups in total. The summed E-state index contributed by atoms with van der Waals surface area (Å²) in [4.78, 5) is 8.35. The predicted octanol–water partition coefficient (Wildman–Crippen LogP) is 1.01. The van der Waals surface area contributed by atoms with Gasteiger partial charge < -0.3 is 4.74 Å². The summed E-state index contributed by atoms with van der Waals surface area (Å²) >= 11 is 0. The lowest BCUT2D eigenvalue weighted by molar-refractivity contribution is 0.393. The van der Waals surface area contributed by atoms with Crippen LogP contribution in [-0.4, -0.2) is 26.9 Å². The van der Waals surface area contributed by atoms with Gasteiger partial charge in [0.2, 0.25) is 0 Å². The van der Waals surface area contributed by atoms with Gasteiger partial charge in [-0.2, -0.15) is 5.10 Å². The fourth-order valence-corrected chi connectivity index (χ4v) is 2.14. The molecule has 7 heteroatoms. The van der Waals surface area contributed by atoms with Crippen molar-refractivity contribution in [1.82, 2.24) is 25.2 Å². The van der Waals surface area contributed by atoms with Gasteiger partial charge in [-0.05, 0) is 19.9 Å². The number of methoxy groups -OCH3 is 1. The molecule has 0 amide bonds. The van der Waals surface area contributed by atoms with Gasteiger partial charge in [0, 0.05) is 24.2 Å². The minimum Gasteiger partial charge on any atom is -0.495 e. The van der Waals surface area contributed by atoms with E-state index in [2.05, 4.69) is 34.3 Å². The molecule has 108 valence electrons. The molecule has 1 atom stereocenters. The molecule has 1 unspecified atom stereocenters. The molecule has 2 aromatic rings. The van der Waals surface area contributed by atoms with E-state index in [1.807, 2.05) is 10.7 Å². The van der Waals surface area contributed by atoms with Gasteiger partial charge in [0.25, 0.3) is 0 Å². The summed E-state index contributed by atoms with van der Waals surface area (Å²) in [7, 11) is 1.62. The maximum atomic E-state index is 5.69. The van der Waals surface area contributed by atoms with Gasteiger partial charge in [-0.3, -0.25) is 16.3 Å². The Balaban J connectivity index is 2.27. The van der Waals surface area contributed by atoms with Crippen LogP contribution in [0, 0.1) is 0 Å². The topological polar surface area (TPSA) is 90.9 Å². The van der Waals surface area contributed by atoms with Crippen LogP contribution in [0.2, 0.25) is 0 Å². The highest BCUT2D eigenvalue weighted by molar-refractivity contribution is 5.33. The van der Waals surface area contributed by atoms with E-state index in [1.165, 1.54) is 0 Å². The summed E-state index contributed by atoms with van der Waals surface area (Å²) in [5.74, 6) is 7.26. The quantitative estimate of drug-likeness (QED) is 0.604. The van der Waals surface area contributed by atoms with Crippen LogP contribution in [0.1, 0.15) is 37.3 Å². The molecular weight excluding hydrogens is 256 g/mol. The highest BCUT2D eigenvalue weighted by atomic mass is 16.5. The highest BCUT2D eigenvalue weighted by Gasteiger charge is 2.19. The maximum absolute atomic E-state index is 5.69. The number of rotatable bonds is 6.